The van der Waals surface area contributed by atoms with Crippen LogP contribution in [0.15, 0.2) is 12.1 Å². The van der Waals surface area contributed by atoms with Crippen molar-refractivity contribution in [3.63, 3.8) is 0 Å². The fraction of sp³-hybridized carbons (Fsp3) is 0.500. The summed E-state index contributed by atoms with van der Waals surface area (Å²) in [5.74, 6) is 0.739. The van der Waals surface area contributed by atoms with E-state index in [1.807, 2.05) is 0 Å². The first-order valence-corrected chi connectivity index (χ1v) is 6.57. The normalized spacial score (nSPS) is 17.8. The van der Waals surface area contributed by atoms with Crippen molar-refractivity contribution in [2.45, 2.75) is 18.9 Å². The minimum absolute atomic E-state index is 0.0975. The van der Waals surface area contributed by atoms with E-state index in [0.717, 1.165) is 19.4 Å². The number of anilines is 1. The van der Waals surface area contributed by atoms with Gasteiger partial charge in [0.15, 0.2) is 11.5 Å². The summed E-state index contributed by atoms with van der Waals surface area (Å²) in [7, 11) is 3.04. The second kappa shape index (κ2) is 6.47. The molecule has 110 valence electrons. The molecule has 1 amide bonds. The molecule has 3 N–H and O–H groups in total. The van der Waals surface area contributed by atoms with Crippen molar-refractivity contribution in [3.8, 4) is 11.5 Å². The van der Waals surface area contributed by atoms with Gasteiger partial charge >= 0.3 is 0 Å². The fourth-order valence-corrected chi connectivity index (χ4v) is 2.20. The SMILES string of the molecule is COc1cc(N)c(C(=O)NC[C@H]2CCCO2)cc1OC. The summed E-state index contributed by atoms with van der Waals surface area (Å²) < 4.78 is 15.8. The maximum Gasteiger partial charge on any atom is 0.253 e. The molecule has 1 atom stereocenters. The third-order valence-electron chi connectivity index (χ3n) is 3.31. The van der Waals surface area contributed by atoms with Gasteiger partial charge in [0.2, 0.25) is 0 Å². The van der Waals surface area contributed by atoms with E-state index in [1.165, 1.54) is 14.2 Å². The quantitative estimate of drug-likeness (QED) is 0.792. The van der Waals surface area contributed by atoms with Crippen molar-refractivity contribution >= 4 is 11.6 Å². The number of hydrogen-bond acceptors (Lipinski definition) is 5. The van der Waals surface area contributed by atoms with E-state index in [4.69, 9.17) is 19.9 Å². The average Bonchev–Trinajstić information content (AvgIpc) is 2.97. The largest absolute Gasteiger partial charge is 0.493 e. The monoisotopic (exact) mass is 280 g/mol. The van der Waals surface area contributed by atoms with Crippen LogP contribution in [0.4, 0.5) is 5.69 Å². The van der Waals surface area contributed by atoms with Crippen LogP contribution in [-0.2, 0) is 4.74 Å². The lowest BCUT2D eigenvalue weighted by atomic mass is 10.1. The number of methoxy groups -OCH3 is 2. The Morgan fingerprint density at radius 2 is 2.10 bits per heavy atom. The van der Waals surface area contributed by atoms with Gasteiger partial charge in [0.25, 0.3) is 5.91 Å². The number of carbonyl (C=O) groups excluding carboxylic acids is 1. The highest BCUT2D eigenvalue weighted by atomic mass is 16.5. The Kier molecular flexibility index (Phi) is 4.68. The average molecular weight is 280 g/mol. The zero-order valence-electron chi connectivity index (χ0n) is 11.8. The molecule has 1 fully saturated rings. The van der Waals surface area contributed by atoms with Crippen LogP contribution < -0.4 is 20.5 Å². The van der Waals surface area contributed by atoms with Crippen molar-refractivity contribution in [2.75, 3.05) is 33.1 Å². The summed E-state index contributed by atoms with van der Waals surface area (Å²) in [5.41, 5.74) is 6.61. The maximum absolute atomic E-state index is 12.1. The molecule has 1 aliphatic heterocycles. The van der Waals surface area contributed by atoms with Crippen molar-refractivity contribution in [1.29, 1.82) is 0 Å². The molecule has 6 heteroatoms. The van der Waals surface area contributed by atoms with E-state index >= 15 is 0 Å². The number of carbonyl (C=O) groups is 1. The van der Waals surface area contributed by atoms with Gasteiger partial charge in [0, 0.05) is 24.9 Å². The van der Waals surface area contributed by atoms with Crippen molar-refractivity contribution in [2.24, 2.45) is 0 Å². The third-order valence-corrected chi connectivity index (χ3v) is 3.31. The van der Waals surface area contributed by atoms with E-state index in [9.17, 15) is 4.79 Å². The molecule has 1 saturated heterocycles. The lowest BCUT2D eigenvalue weighted by molar-refractivity contribution is 0.0858. The molecular formula is C14H20N2O4. The number of nitrogens with one attached hydrogen (secondary N) is 1. The van der Waals surface area contributed by atoms with Gasteiger partial charge in [0.05, 0.1) is 25.9 Å². The first kappa shape index (κ1) is 14.5. The van der Waals surface area contributed by atoms with Gasteiger partial charge in [-0.3, -0.25) is 4.79 Å². The number of nitrogens with two attached hydrogens (primary N) is 1. The minimum Gasteiger partial charge on any atom is -0.493 e. The van der Waals surface area contributed by atoms with Crippen molar-refractivity contribution in [1.82, 2.24) is 5.32 Å². The van der Waals surface area contributed by atoms with Crippen LogP contribution in [0.2, 0.25) is 0 Å². The van der Waals surface area contributed by atoms with Gasteiger partial charge in [-0.05, 0) is 18.9 Å². The van der Waals surface area contributed by atoms with Gasteiger partial charge in [0.1, 0.15) is 0 Å². The van der Waals surface area contributed by atoms with Crippen LogP contribution in [0.3, 0.4) is 0 Å². The van der Waals surface area contributed by atoms with E-state index < -0.39 is 0 Å². The summed E-state index contributed by atoms with van der Waals surface area (Å²) in [5, 5.41) is 2.83. The molecule has 6 nitrogen and oxygen atoms in total. The molecule has 0 aliphatic carbocycles. The second-order valence-corrected chi connectivity index (χ2v) is 4.64. The standard InChI is InChI=1S/C14H20N2O4/c1-18-12-6-10(11(15)7-13(12)19-2)14(17)16-8-9-4-3-5-20-9/h6-7,9H,3-5,8,15H2,1-2H3,(H,16,17)/t9-/m1/s1. The molecule has 1 aromatic rings. The maximum atomic E-state index is 12.1. The topological polar surface area (TPSA) is 82.8 Å². The Morgan fingerprint density at radius 3 is 2.70 bits per heavy atom. The minimum atomic E-state index is -0.237. The number of amides is 1. The first-order chi connectivity index (χ1) is 9.65. The lowest BCUT2D eigenvalue weighted by Gasteiger charge is -2.14. The first-order valence-electron chi connectivity index (χ1n) is 6.57. The summed E-state index contributed by atoms with van der Waals surface area (Å²) in [4.78, 5) is 12.1. The van der Waals surface area contributed by atoms with Gasteiger partial charge < -0.3 is 25.3 Å². The molecule has 0 radical (unpaired) electrons. The van der Waals surface area contributed by atoms with E-state index in [-0.39, 0.29) is 12.0 Å². The molecule has 0 unspecified atom stereocenters. The summed E-state index contributed by atoms with van der Waals surface area (Å²) in [6.07, 6.45) is 2.11. The molecule has 0 bridgehead atoms. The number of rotatable bonds is 5. The molecule has 0 spiro atoms. The highest BCUT2D eigenvalue weighted by molar-refractivity contribution is 6.00. The highest BCUT2D eigenvalue weighted by Gasteiger charge is 2.19. The van der Waals surface area contributed by atoms with Crippen LogP contribution in [0.25, 0.3) is 0 Å². The third kappa shape index (κ3) is 3.14. The van der Waals surface area contributed by atoms with E-state index in [1.54, 1.807) is 12.1 Å². The molecular weight excluding hydrogens is 260 g/mol. The molecule has 1 aromatic carbocycles. The number of ether oxygens (including phenoxy) is 3. The van der Waals surface area contributed by atoms with Gasteiger partial charge in [-0.2, -0.15) is 0 Å². The van der Waals surface area contributed by atoms with E-state index in [0.29, 0.717) is 29.3 Å². The zero-order valence-corrected chi connectivity index (χ0v) is 11.8. The molecule has 0 aromatic heterocycles. The van der Waals surface area contributed by atoms with Crippen LogP contribution in [0.5, 0.6) is 11.5 Å². The highest BCUT2D eigenvalue weighted by Crippen LogP contribution is 2.31. The predicted molar refractivity (Wildman–Crippen MR) is 75.3 cm³/mol. The fourth-order valence-electron chi connectivity index (χ4n) is 2.20. The van der Waals surface area contributed by atoms with Gasteiger partial charge in [-0.1, -0.05) is 0 Å². The molecule has 1 aliphatic rings. The van der Waals surface area contributed by atoms with Crippen LogP contribution in [-0.4, -0.2) is 39.4 Å². The Bertz CT molecular complexity index is 484. The van der Waals surface area contributed by atoms with Crippen LogP contribution >= 0.6 is 0 Å². The van der Waals surface area contributed by atoms with Crippen molar-refractivity contribution in [3.05, 3.63) is 17.7 Å². The number of benzene rings is 1. The smallest absolute Gasteiger partial charge is 0.253 e. The van der Waals surface area contributed by atoms with E-state index in [2.05, 4.69) is 5.32 Å². The van der Waals surface area contributed by atoms with Crippen LogP contribution in [0, 0.1) is 0 Å². The van der Waals surface area contributed by atoms with Gasteiger partial charge in [-0.15, -0.1) is 0 Å². The Hall–Kier alpha value is -1.95. The molecule has 0 saturated carbocycles. The molecule has 1 heterocycles. The zero-order chi connectivity index (χ0) is 14.5. The van der Waals surface area contributed by atoms with Crippen molar-refractivity contribution < 1.29 is 19.0 Å². The number of hydrogen-bond donors (Lipinski definition) is 2. The van der Waals surface area contributed by atoms with Crippen LogP contribution in [0.1, 0.15) is 23.2 Å². The Morgan fingerprint density at radius 1 is 1.40 bits per heavy atom. The second-order valence-electron chi connectivity index (χ2n) is 4.64. The molecule has 2 rings (SSSR count). The lowest BCUT2D eigenvalue weighted by Crippen LogP contribution is -2.32. The summed E-state index contributed by atoms with van der Waals surface area (Å²) in [6, 6.07) is 3.17. The Labute approximate surface area is 118 Å². The number of nitrogen functional groups attached to an aromatic ring is 1. The summed E-state index contributed by atoms with van der Waals surface area (Å²) >= 11 is 0. The Balaban J connectivity index is 2.08. The molecule has 20 heavy (non-hydrogen) atoms. The summed E-state index contributed by atoms with van der Waals surface area (Å²) in [6.45, 7) is 1.26. The van der Waals surface area contributed by atoms with Gasteiger partial charge in [-0.25, -0.2) is 0 Å². The predicted octanol–water partition coefficient (Wildman–Crippen LogP) is 1.19.